The molecule has 0 aliphatic carbocycles. The normalized spacial score (nSPS) is 19.5. The third-order valence-electron chi connectivity index (χ3n) is 5.89. The molecule has 0 saturated carbocycles. The molecule has 0 unspecified atom stereocenters. The number of hydrogen-bond acceptors (Lipinski definition) is 5. The lowest BCUT2D eigenvalue weighted by molar-refractivity contribution is 0.0139. The Balaban J connectivity index is 1.25. The van der Waals surface area contributed by atoms with Gasteiger partial charge in [0.2, 0.25) is 0 Å². The average molecular weight is 452 g/mol. The van der Waals surface area contributed by atoms with Gasteiger partial charge >= 0.3 is 12.2 Å². The predicted octanol–water partition coefficient (Wildman–Crippen LogP) is 4.43. The van der Waals surface area contributed by atoms with Crippen molar-refractivity contribution in [3.8, 4) is 0 Å². The van der Waals surface area contributed by atoms with Gasteiger partial charge in [0.25, 0.3) is 0 Å². The highest BCUT2D eigenvalue weighted by Crippen LogP contribution is 2.27. The lowest BCUT2D eigenvalue weighted by atomic mass is 10.1. The van der Waals surface area contributed by atoms with Gasteiger partial charge in [-0.05, 0) is 37.5 Å². The first-order chi connectivity index (χ1) is 15.8. The molecule has 7 heteroatoms. The van der Waals surface area contributed by atoms with Crippen LogP contribution in [0.3, 0.4) is 0 Å². The highest BCUT2D eigenvalue weighted by molar-refractivity contribution is 5.70. The van der Waals surface area contributed by atoms with E-state index in [2.05, 4.69) is 29.2 Å². The molecule has 0 aromatic heterocycles. The van der Waals surface area contributed by atoms with E-state index in [1.54, 1.807) is 9.80 Å². The van der Waals surface area contributed by atoms with Gasteiger partial charge in [-0.1, -0.05) is 54.6 Å². The molecule has 176 valence electrons. The van der Waals surface area contributed by atoms with Crippen molar-refractivity contribution >= 4 is 12.2 Å². The molecule has 33 heavy (non-hydrogen) atoms. The van der Waals surface area contributed by atoms with Crippen LogP contribution in [-0.2, 0) is 22.6 Å². The second-order valence-corrected chi connectivity index (χ2v) is 9.72. The van der Waals surface area contributed by atoms with Crippen LogP contribution >= 0.6 is 0 Å². The molecular formula is C26H33N3O4. The summed E-state index contributed by atoms with van der Waals surface area (Å²) in [6.45, 7) is 10.6. The summed E-state index contributed by atoms with van der Waals surface area (Å²) in [5.74, 6) is 0. The zero-order valence-electron chi connectivity index (χ0n) is 19.7. The zero-order chi connectivity index (χ0) is 23.4. The van der Waals surface area contributed by atoms with Crippen molar-refractivity contribution in [3.63, 3.8) is 0 Å². The van der Waals surface area contributed by atoms with E-state index in [1.807, 2.05) is 51.1 Å². The molecule has 2 amide bonds. The largest absolute Gasteiger partial charge is 0.444 e. The number of carbonyl (C=O) groups is 2. The Kier molecular flexibility index (Phi) is 6.88. The van der Waals surface area contributed by atoms with Gasteiger partial charge in [-0.15, -0.1) is 0 Å². The molecule has 0 N–H and O–H groups in total. The van der Waals surface area contributed by atoms with Crippen LogP contribution in [0.1, 0.15) is 43.6 Å². The minimum absolute atomic E-state index is 0.211. The number of benzene rings is 2. The molecule has 2 heterocycles. The van der Waals surface area contributed by atoms with Crippen LogP contribution in [0.25, 0.3) is 0 Å². The number of cyclic esters (lactones) is 1. The number of hydrogen-bond donors (Lipinski definition) is 0. The Bertz CT molecular complexity index is 948. The summed E-state index contributed by atoms with van der Waals surface area (Å²) >= 11 is 0. The number of rotatable bonds is 5. The van der Waals surface area contributed by atoms with Crippen LogP contribution in [0.5, 0.6) is 0 Å². The molecule has 2 aromatic rings. The Morgan fingerprint density at radius 1 is 0.939 bits per heavy atom. The maximum Gasteiger partial charge on any atom is 0.410 e. The van der Waals surface area contributed by atoms with Gasteiger partial charge in [-0.25, -0.2) is 9.59 Å². The van der Waals surface area contributed by atoms with E-state index < -0.39 is 5.60 Å². The number of amides is 2. The molecular weight excluding hydrogens is 418 g/mol. The Hall–Kier alpha value is -3.06. The van der Waals surface area contributed by atoms with Crippen molar-refractivity contribution in [2.24, 2.45) is 0 Å². The van der Waals surface area contributed by atoms with Crippen LogP contribution in [0.15, 0.2) is 54.6 Å². The van der Waals surface area contributed by atoms with E-state index in [0.717, 1.165) is 30.8 Å². The lowest BCUT2D eigenvalue weighted by Crippen LogP contribution is -2.49. The van der Waals surface area contributed by atoms with Gasteiger partial charge in [0.05, 0.1) is 6.54 Å². The quantitative estimate of drug-likeness (QED) is 0.673. The third kappa shape index (κ3) is 6.26. The first-order valence-corrected chi connectivity index (χ1v) is 11.6. The van der Waals surface area contributed by atoms with E-state index in [0.29, 0.717) is 26.2 Å². The lowest BCUT2D eigenvalue weighted by Gasteiger charge is -2.35. The van der Waals surface area contributed by atoms with Crippen molar-refractivity contribution in [1.29, 1.82) is 0 Å². The molecule has 1 atom stereocenters. The highest BCUT2D eigenvalue weighted by Gasteiger charge is 2.32. The topological polar surface area (TPSA) is 62.3 Å². The molecule has 2 fully saturated rings. The van der Waals surface area contributed by atoms with Crippen LogP contribution in [0, 0.1) is 0 Å². The molecule has 4 rings (SSSR count). The number of piperazine rings is 1. The monoisotopic (exact) mass is 451 g/mol. The first kappa shape index (κ1) is 23.1. The summed E-state index contributed by atoms with van der Waals surface area (Å²) in [5.41, 5.74) is 2.86. The molecule has 2 aliphatic rings. The molecule has 0 radical (unpaired) electrons. The van der Waals surface area contributed by atoms with E-state index >= 15 is 0 Å². The number of nitrogens with zero attached hydrogens (tertiary/aromatic N) is 3. The fourth-order valence-electron chi connectivity index (χ4n) is 4.12. The smallest absolute Gasteiger partial charge is 0.410 e. The van der Waals surface area contributed by atoms with Gasteiger partial charge in [-0.2, -0.15) is 0 Å². The van der Waals surface area contributed by atoms with Crippen LogP contribution in [-0.4, -0.2) is 65.2 Å². The third-order valence-corrected chi connectivity index (χ3v) is 5.89. The SMILES string of the molecule is CC(C)(C)OC(=O)N1CCN(Cc2ccc(CN3C[C@@H](c4ccccc4)OC3=O)cc2)CC1. The second-order valence-electron chi connectivity index (χ2n) is 9.72. The van der Waals surface area contributed by atoms with Crippen molar-refractivity contribution in [1.82, 2.24) is 14.7 Å². The van der Waals surface area contributed by atoms with E-state index in [9.17, 15) is 9.59 Å². The van der Waals surface area contributed by atoms with Gasteiger partial charge in [0.15, 0.2) is 0 Å². The Morgan fingerprint density at radius 2 is 1.55 bits per heavy atom. The van der Waals surface area contributed by atoms with Gasteiger partial charge in [-0.3, -0.25) is 9.80 Å². The highest BCUT2D eigenvalue weighted by atomic mass is 16.6. The molecule has 0 spiro atoms. The summed E-state index contributed by atoms with van der Waals surface area (Å²) in [4.78, 5) is 30.4. The average Bonchev–Trinajstić information content (AvgIpc) is 3.15. The van der Waals surface area contributed by atoms with Crippen molar-refractivity contribution in [2.45, 2.75) is 45.6 Å². The Morgan fingerprint density at radius 3 is 2.15 bits per heavy atom. The van der Waals surface area contributed by atoms with Crippen LogP contribution < -0.4 is 0 Å². The predicted molar refractivity (Wildman–Crippen MR) is 126 cm³/mol. The molecule has 2 aromatic carbocycles. The van der Waals surface area contributed by atoms with E-state index in [1.165, 1.54) is 5.56 Å². The summed E-state index contributed by atoms with van der Waals surface area (Å²) in [5, 5.41) is 0. The minimum Gasteiger partial charge on any atom is -0.444 e. The van der Waals surface area contributed by atoms with Gasteiger partial charge in [0.1, 0.15) is 11.7 Å². The minimum atomic E-state index is -0.468. The van der Waals surface area contributed by atoms with Crippen LogP contribution in [0.2, 0.25) is 0 Å². The van der Waals surface area contributed by atoms with Crippen molar-refractivity contribution in [2.75, 3.05) is 32.7 Å². The second kappa shape index (κ2) is 9.83. The van der Waals surface area contributed by atoms with Crippen molar-refractivity contribution < 1.29 is 19.1 Å². The van der Waals surface area contributed by atoms with E-state index in [-0.39, 0.29) is 18.3 Å². The first-order valence-electron chi connectivity index (χ1n) is 11.6. The Labute approximate surface area is 195 Å². The van der Waals surface area contributed by atoms with Crippen molar-refractivity contribution in [3.05, 3.63) is 71.3 Å². The summed E-state index contributed by atoms with van der Waals surface area (Å²) in [6.07, 6.45) is -0.713. The zero-order valence-corrected chi connectivity index (χ0v) is 19.7. The fourth-order valence-corrected chi connectivity index (χ4v) is 4.12. The molecule has 2 aliphatic heterocycles. The fraction of sp³-hybridized carbons (Fsp3) is 0.462. The van der Waals surface area contributed by atoms with E-state index in [4.69, 9.17) is 9.47 Å². The maximum atomic E-state index is 12.3. The molecule has 0 bridgehead atoms. The molecule has 7 nitrogen and oxygen atoms in total. The van der Waals surface area contributed by atoms with Gasteiger partial charge < -0.3 is 14.4 Å². The maximum absolute atomic E-state index is 12.3. The number of ether oxygens (including phenoxy) is 2. The van der Waals surface area contributed by atoms with Gasteiger partial charge in [0, 0.05) is 39.3 Å². The summed E-state index contributed by atoms with van der Waals surface area (Å²) < 4.78 is 11.0. The van der Waals surface area contributed by atoms with Crippen LogP contribution in [0.4, 0.5) is 9.59 Å². The summed E-state index contributed by atoms with van der Waals surface area (Å²) in [7, 11) is 0. The standard InChI is InChI=1S/C26H33N3O4/c1-26(2,3)33-25(31)28-15-13-27(14-16-28)17-20-9-11-21(12-10-20)18-29-19-23(32-24(29)30)22-7-5-4-6-8-22/h4-12,23H,13-19H2,1-3H3/t23-/m0/s1. The number of carbonyl (C=O) groups excluding carboxylic acids is 2. The molecule has 2 saturated heterocycles. The summed E-state index contributed by atoms with van der Waals surface area (Å²) in [6, 6.07) is 18.2.